The molecule has 2 fully saturated rings. The second-order valence-electron chi connectivity index (χ2n) is 10.7. The maximum Gasteiger partial charge on any atom is 0.472 e. The van der Waals surface area contributed by atoms with Gasteiger partial charge in [-0.1, -0.05) is 37.1 Å². The summed E-state index contributed by atoms with van der Waals surface area (Å²) in [6, 6.07) is 0. The van der Waals surface area contributed by atoms with Crippen molar-refractivity contribution in [3.63, 3.8) is 0 Å². The molecule has 0 heterocycles. The van der Waals surface area contributed by atoms with Crippen LogP contribution in [0.2, 0.25) is 0 Å². The molecular formula is C24H39O4P. The van der Waals surface area contributed by atoms with Crippen LogP contribution in [0.25, 0.3) is 0 Å². The Morgan fingerprint density at radius 2 is 1.38 bits per heavy atom. The Labute approximate surface area is 176 Å². The van der Waals surface area contributed by atoms with Gasteiger partial charge in [-0.3, -0.25) is 9.05 Å². The summed E-state index contributed by atoms with van der Waals surface area (Å²) in [4.78, 5) is 10.2. The number of phosphoric acid groups is 1. The first-order valence-corrected chi connectivity index (χ1v) is 13.3. The van der Waals surface area contributed by atoms with Crippen LogP contribution < -0.4 is 0 Å². The van der Waals surface area contributed by atoms with Crippen LogP contribution in [0.4, 0.5) is 0 Å². The molecule has 0 aliphatic heterocycles. The van der Waals surface area contributed by atoms with Gasteiger partial charge in [0.2, 0.25) is 0 Å². The van der Waals surface area contributed by atoms with E-state index in [2.05, 4.69) is 26.0 Å². The van der Waals surface area contributed by atoms with Gasteiger partial charge in [0, 0.05) is 0 Å². The van der Waals surface area contributed by atoms with E-state index < -0.39 is 7.82 Å². The van der Waals surface area contributed by atoms with Crippen molar-refractivity contribution in [1.82, 2.24) is 0 Å². The first kappa shape index (κ1) is 21.8. The van der Waals surface area contributed by atoms with Crippen molar-refractivity contribution >= 4 is 7.82 Å². The Hall–Kier alpha value is -0.410. The van der Waals surface area contributed by atoms with Crippen LogP contribution >= 0.6 is 7.82 Å². The first-order chi connectivity index (χ1) is 13.8. The second-order valence-corrected chi connectivity index (χ2v) is 12.2. The van der Waals surface area contributed by atoms with Crippen molar-refractivity contribution in [2.24, 2.45) is 22.7 Å². The van der Waals surface area contributed by atoms with E-state index in [1.54, 1.807) is 11.1 Å². The highest BCUT2D eigenvalue weighted by atomic mass is 31.2. The predicted octanol–water partition coefficient (Wildman–Crippen LogP) is 6.95. The van der Waals surface area contributed by atoms with Crippen molar-refractivity contribution < 1.29 is 18.5 Å². The smallest absolute Gasteiger partial charge is 0.302 e. The van der Waals surface area contributed by atoms with Crippen molar-refractivity contribution in [3.8, 4) is 0 Å². The fraction of sp³-hybridized carbons (Fsp3) is 0.833. The molecule has 4 rings (SSSR count). The topological polar surface area (TPSA) is 55.8 Å². The van der Waals surface area contributed by atoms with E-state index in [4.69, 9.17) is 9.05 Å². The van der Waals surface area contributed by atoms with Gasteiger partial charge in [-0.05, 0) is 99.7 Å². The fourth-order valence-electron chi connectivity index (χ4n) is 7.04. The number of rotatable bonds is 8. The van der Waals surface area contributed by atoms with Gasteiger partial charge in [-0.2, -0.15) is 0 Å². The van der Waals surface area contributed by atoms with Gasteiger partial charge in [0.25, 0.3) is 0 Å². The van der Waals surface area contributed by atoms with Crippen molar-refractivity contribution in [2.75, 3.05) is 13.2 Å². The molecule has 4 unspecified atom stereocenters. The zero-order valence-corrected chi connectivity index (χ0v) is 19.2. The highest BCUT2D eigenvalue weighted by Crippen LogP contribution is 2.53. The first-order valence-electron chi connectivity index (χ1n) is 11.8. The Morgan fingerprint density at radius 1 is 0.931 bits per heavy atom. The molecule has 0 spiro atoms. The normalized spacial score (nSPS) is 38.7. The number of fused-ring (bicyclic) bond motifs is 4. The van der Waals surface area contributed by atoms with E-state index in [1.165, 1.54) is 51.4 Å². The highest BCUT2D eigenvalue weighted by molar-refractivity contribution is 7.47. The number of phosphoric ester groups is 1. The number of hydrogen-bond acceptors (Lipinski definition) is 3. The lowest BCUT2D eigenvalue weighted by atomic mass is 9.62. The lowest BCUT2D eigenvalue weighted by Crippen LogP contribution is -2.32. The van der Waals surface area contributed by atoms with E-state index in [0.717, 1.165) is 25.7 Å². The third kappa shape index (κ3) is 5.45. The summed E-state index contributed by atoms with van der Waals surface area (Å²) in [5, 5.41) is 0. The highest BCUT2D eigenvalue weighted by Gasteiger charge is 2.40. The SMILES string of the molecule is CC1C=C2CCCC(CCOP(=O)(O)OCCC34CCCC(=CC(C)C3)C4)(C2)C1. The molecule has 4 bridgehead atoms. The van der Waals surface area contributed by atoms with Crippen LogP contribution in [0.5, 0.6) is 0 Å². The molecule has 0 saturated heterocycles. The predicted molar refractivity (Wildman–Crippen MR) is 116 cm³/mol. The van der Waals surface area contributed by atoms with E-state index in [9.17, 15) is 9.46 Å². The Bertz CT molecular complexity index is 658. The summed E-state index contributed by atoms with van der Waals surface area (Å²) in [5.41, 5.74) is 3.70. The van der Waals surface area contributed by atoms with E-state index in [-0.39, 0.29) is 10.8 Å². The molecule has 164 valence electrons. The lowest BCUT2D eigenvalue weighted by molar-refractivity contribution is 0.0798. The number of hydrogen-bond donors (Lipinski definition) is 1. The molecule has 0 aromatic heterocycles. The Balaban J connectivity index is 1.23. The quantitative estimate of drug-likeness (QED) is 0.339. The molecular weight excluding hydrogens is 383 g/mol. The van der Waals surface area contributed by atoms with Crippen molar-refractivity contribution in [1.29, 1.82) is 0 Å². The molecule has 0 radical (unpaired) electrons. The maximum atomic E-state index is 12.5. The van der Waals surface area contributed by atoms with Crippen LogP contribution in [-0.2, 0) is 13.6 Å². The van der Waals surface area contributed by atoms with Gasteiger partial charge >= 0.3 is 7.82 Å². The van der Waals surface area contributed by atoms with Gasteiger partial charge in [0.05, 0.1) is 13.2 Å². The fourth-order valence-corrected chi connectivity index (χ4v) is 7.76. The molecule has 5 heteroatoms. The van der Waals surface area contributed by atoms with Crippen molar-refractivity contribution in [3.05, 3.63) is 23.3 Å². The van der Waals surface area contributed by atoms with Gasteiger partial charge in [0.1, 0.15) is 0 Å². The molecule has 0 amide bonds. The molecule has 1 N–H and O–H groups in total. The molecule has 4 nitrogen and oxygen atoms in total. The van der Waals surface area contributed by atoms with Crippen LogP contribution in [0.1, 0.15) is 90.9 Å². The van der Waals surface area contributed by atoms with Crippen molar-refractivity contribution in [2.45, 2.75) is 90.9 Å². The Kier molecular flexibility index (Phi) is 6.48. The molecule has 4 aliphatic carbocycles. The van der Waals surface area contributed by atoms with Crippen LogP contribution in [0, 0.1) is 22.7 Å². The third-order valence-corrected chi connectivity index (χ3v) is 8.96. The summed E-state index contributed by atoms with van der Waals surface area (Å²) in [5.74, 6) is 1.23. The largest absolute Gasteiger partial charge is 0.472 e. The van der Waals surface area contributed by atoms with E-state index in [1.807, 2.05) is 0 Å². The van der Waals surface area contributed by atoms with Gasteiger partial charge in [-0.15, -0.1) is 0 Å². The van der Waals surface area contributed by atoms with Crippen LogP contribution in [-0.4, -0.2) is 18.1 Å². The molecule has 2 saturated carbocycles. The van der Waals surface area contributed by atoms with Gasteiger partial charge < -0.3 is 4.89 Å². The Morgan fingerprint density at radius 3 is 1.83 bits per heavy atom. The summed E-state index contributed by atoms with van der Waals surface area (Å²) in [6.45, 7) is 5.22. The van der Waals surface area contributed by atoms with Gasteiger partial charge in [0.15, 0.2) is 0 Å². The van der Waals surface area contributed by atoms with E-state index >= 15 is 0 Å². The van der Waals surface area contributed by atoms with Crippen LogP contribution in [0.3, 0.4) is 0 Å². The summed E-state index contributed by atoms with van der Waals surface area (Å²) >= 11 is 0. The van der Waals surface area contributed by atoms with E-state index in [0.29, 0.717) is 25.0 Å². The standard InChI is InChI=1S/C24H39O4P/c1-19-13-21-5-3-7-23(15-19,17-21)9-11-27-29(25,26)28-12-10-24-8-4-6-22(18-24)14-20(2)16-24/h13-14,19-20H,3-12,15-18H2,1-2H3,(H,25,26). The maximum absolute atomic E-state index is 12.5. The lowest BCUT2D eigenvalue weighted by Gasteiger charge is -2.44. The minimum atomic E-state index is -3.96. The molecule has 4 atom stereocenters. The van der Waals surface area contributed by atoms with Gasteiger partial charge in [-0.25, -0.2) is 4.57 Å². The monoisotopic (exact) mass is 422 g/mol. The summed E-state index contributed by atoms with van der Waals surface area (Å²) < 4.78 is 23.3. The average Bonchev–Trinajstić information content (AvgIpc) is 2.60. The third-order valence-electron chi connectivity index (χ3n) is 7.94. The molecule has 0 aromatic carbocycles. The molecule has 29 heavy (non-hydrogen) atoms. The zero-order valence-electron chi connectivity index (χ0n) is 18.3. The summed E-state index contributed by atoms with van der Waals surface area (Å²) in [7, 11) is -3.96. The number of allylic oxidation sites excluding steroid dienone is 4. The average molecular weight is 423 g/mol. The second kappa shape index (κ2) is 8.61. The minimum Gasteiger partial charge on any atom is -0.302 e. The van der Waals surface area contributed by atoms with Crippen LogP contribution in [0.15, 0.2) is 23.3 Å². The minimum absolute atomic E-state index is 0.268. The molecule has 4 aliphatic rings. The molecule has 0 aromatic rings. The zero-order chi connectivity index (χ0) is 20.5. The summed E-state index contributed by atoms with van der Waals surface area (Å²) in [6.07, 6.45) is 18.6.